The summed E-state index contributed by atoms with van der Waals surface area (Å²) in [6.45, 7) is 0. The van der Waals surface area contributed by atoms with Crippen LogP contribution in [0.2, 0.25) is 0 Å². The predicted octanol–water partition coefficient (Wildman–Crippen LogP) is 11.3. The summed E-state index contributed by atoms with van der Waals surface area (Å²) in [4.78, 5) is 6.14. The molecule has 0 aliphatic heterocycles. The fourth-order valence-electron chi connectivity index (χ4n) is 7.93. The molecule has 3 nitrogen and oxygen atoms in total. The average Bonchev–Trinajstić information content (AvgIpc) is 3.81. The molecule has 0 radical (unpaired) electrons. The summed E-state index contributed by atoms with van der Waals surface area (Å²) in [5, 5.41) is 11.2. The minimum absolute atomic E-state index is 0.560. The molecule has 4 heteroatoms. The van der Waals surface area contributed by atoms with Gasteiger partial charge in [-0.2, -0.15) is 5.26 Å². The van der Waals surface area contributed by atoms with Crippen LogP contribution in [0.15, 0.2) is 164 Å². The van der Waals surface area contributed by atoms with Crippen molar-refractivity contribution in [3.8, 4) is 39.4 Å². The highest BCUT2D eigenvalue weighted by atomic mass is 32.1. The summed E-state index contributed by atoms with van der Waals surface area (Å²) in [6, 6.07) is 58.7. The lowest BCUT2D eigenvalue weighted by Gasteiger charge is -2.34. The van der Waals surface area contributed by atoms with E-state index in [0.29, 0.717) is 5.56 Å². The van der Waals surface area contributed by atoms with E-state index in [4.69, 9.17) is 4.98 Å². The second-order valence-electron chi connectivity index (χ2n) is 12.7. The molecule has 49 heavy (non-hydrogen) atoms. The lowest BCUT2D eigenvalue weighted by Crippen LogP contribution is -2.28. The van der Waals surface area contributed by atoms with Crippen molar-refractivity contribution >= 4 is 37.4 Å². The molecule has 3 aromatic heterocycles. The van der Waals surface area contributed by atoms with Gasteiger partial charge in [-0.3, -0.25) is 4.40 Å². The number of benzene rings is 6. The van der Waals surface area contributed by atoms with Gasteiger partial charge in [-0.1, -0.05) is 115 Å². The summed E-state index contributed by atoms with van der Waals surface area (Å²) in [5.74, 6) is 0. The van der Waals surface area contributed by atoms with E-state index in [9.17, 15) is 5.26 Å². The maximum atomic E-state index is 9.96. The lowest BCUT2D eigenvalue weighted by atomic mass is 9.67. The second kappa shape index (κ2) is 10.6. The Labute approximate surface area is 287 Å². The lowest BCUT2D eigenvalue weighted by molar-refractivity contribution is 0.768. The van der Waals surface area contributed by atoms with E-state index in [2.05, 4.69) is 162 Å². The first-order valence-electron chi connectivity index (χ1n) is 16.4. The van der Waals surface area contributed by atoms with Gasteiger partial charge in [0.05, 0.1) is 17.0 Å². The van der Waals surface area contributed by atoms with Crippen molar-refractivity contribution in [1.82, 2.24) is 9.38 Å². The number of nitrogens with zero attached hydrogens (tertiary/aromatic N) is 3. The van der Waals surface area contributed by atoms with Crippen molar-refractivity contribution in [2.75, 3.05) is 0 Å². The predicted molar refractivity (Wildman–Crippen MR) is 201 cm³/mol. The fraction of sp³-hybridized carbons (Fsp3) is 0.0222. The van der Waals surface area contributed by atoms with Crippen LogP contribution in [0.5, 0.6) is 0 Å². The van der Waals surface area contributed by atoms with Gasteiger partial charge in [0.1, 0.15) is 16.0 Å². The molecule has 1 aliphatic carbocycles. The Morgan fingerprint density at radius 1 is 0.571 bits per heavy atom. The molecular weight excluding hydrogens is 615 g/mol. The monoisotopic (exact) mass is 641 g/mol. The van der Waals surface area contributed by atoms with Crippen molar-refractivity contribution in [2.45, 2.75) is 5.41 Å². The maximum Gasteiger partial charge on any atom is 0.138 e. The molecule has 0 fully saturated rings. The SMILES string of the molecule is N#Cc1ccc2c(c1)C(c1ccccc1)(c1ccccc1)c1cc(-c3ccc(-c4ccc5sc6c(nc7ccccn76)c5c4)cc3)ccc1-2. The average molecular weight is 642 g/mol. The largest absolute Gasteiger partial charge is 0.291 e. The summed E-state index contributed by atoms with van der Waals surface area (Å²) in [5.41, 5.74) is 14.0. The molecule has 0 saturated carbocycles. The van der Waals surface area contributed by atoms with Crippen molar-refractivity contribution in [1.29, 1.82) is 5.26 Å². The molecule has 0 N–H and O–H groups in total. The van der Waals surface area contributed by atoms with Gasteiger partial charge in [0.2, 0.25) is 0 Å². The van der Waals surface area contributed by atoms with Gasteiger partial charge in [-0.15, -0.1) is 11.3 Å². The number of thiophene rings is 1. The summed E-state index contributed by atoms with van der Waals surface area (Å²) in [6.07, 6.45) is 2.09. The molecule has 0 saturated heterocycles. The Morgan fingerprint density at radius 3 is 1.86 bits per heavy atom. The molecule has 6 aromatic carbocycles. The Balaban J connectivity index is 1.11. The number of hydrogen-bond acceptors (Lipinski definition) is 3. The Bertz CT molecular complexity index is 2730. The molecule has 0 atom stereocenters. The van der Waals surface area contributed by atoms with E-state index in [1.165, 1.54) is 53.9 Å². The van der Waals surface area contributed by atoms with Crippen LogP contribution in [0.25, 0.3) is 59.5 Å². The number of imidazole rings is 1. The zero-order chi connectivity index (χ0) is 32.5. The Hall–Kier alpha value is -6.28. The normalized spacial score (nSPS) is 13.0. The smallest absolute Gasteiger partial charge is 0.138 e. The van der Waals surface area contributed by atoms with Crippen LogP contribution >= 0.6 is 11.3 Å². The molecular formula is C45H27N3S. The van der Waals surface area contributed by atoms with Gasteiger partial charge in [0.15, 0.2) is 0 Å². The minimum Gasteiger partial charge on any atom is -0.291 e. The molecule has 9 aromatic rings. The topological polar surface area (TPSA) is 41.1 Å². The minimum atomic E-state index is -0.560. The first-order valence-corrected chi connectivity index (χ1v) is 17.2. The summed E-state index contributed by atoms with van der Waals surface area (Å²) in [7, 11) is 0. The molecule has 1 aliphatic rings. The molecule has 228 valence electrons. The van der Waals surface area contributed by atoms with Gasteiger partial charge >= 0.3 is 0 Å². The molecule has 0 amide bonds. The number of pyridine rings is 1. The van der Waals surface area contributed by atoms with Gasteiger partial charge in [0.25, 0.3) is 0 Å². The highest BCUT2D eigenvalue weighted by Gasteiger charge is 2.46. The highest BCUT2D eigenvalue weighted by Crippen LogP contribution is 2.57. The third-order valence-electron chi connectivity index (χ3n) is 10.2. The standard InChI is InChI=1S/C45H27N3S/c46-28-29-14-21-36-37-22-19-33(27-40(37)45(39(36)25-29,34-9-3-1-4-10-34)35-11-5-2-6-12-35)31-17-15-30(16-18-31)32-20-23-41-38(26-32)43-44(49-41)48-24-8-7-13-42(48)47-43/h1-27H. The van der Waals surface area contributed by atoms with Crippen LogP contribution in [-0.2, 0) is 5.41 Å². The molecule has 0 spiro atoms. The summed E-state index contributed by atoms with van der Waals surface area (Å²) < 4.78 is 3.42. The number of rotatable bonds is 4. The van der Waals surface area contributed by atoms with Crippen LogP contribution in [0.4, 0.5) is 0 Å². The number of nitriles is 1. The maximum absolute atomic E-state index is 9.96. The first-order chi connectivity index (χ1) is 24.2. The van der Waals surface area contributed by atoms with Gasteiger partial charge in [-0.25, -0.2) is 4.98 Å². The van der Waals surface area contributed by atoms with Crippen molar-refractivity contribution in [3.63, 3.8) is 0 Å². The zero-order valence-electron chi connectivity index (χ0n) is 26.3. The third-order valence-corrected chi connectivity index (χ3v) is 11.3. The molecule has 10 rings (SSSR count). The van der Waals surface area contributed by atoms with Crippen LogP contribution in [-0.4, -0.2) is 9.38 Å². The van der Waals surface area contributed by atoms with Crippen molar-refractivity contribution in [3.05, 3.63) is 192 Å². The van der Waals surface area contributed by atoms with Crippen LogP contribution in [0, 0.1) is 11.3 Å². The number of hydrogen-bond donors (Lipinski definition) is 0. The van der Waals surface area contributed by atoms with Crippen LogP contribution < -0.4 is 0 Å². The molecule has 0 unspecified atom stereocenters. The third kappa shape index (κ3) is 4.04. The van der Waals surface area contributed by atoms with E-state index in [1.54, 1.807) is 11.3 Å². The van der Waals surface area contributed by atoms with Crippen LogP contribution in [0.1, 0.15) is 27.8 Å². The zero-order valence-corrected chi connectivity index (χ0v) is 27.2. The van der Waals surface area contributed by atoms with Gasteiger partial charge < -0.3 is 0 Å². The van der Waals surface area contributed by atoms with Crippen LogP contribution in [0.3, 0.4) is 0 Å². The number of aromatic nitrogens is 2. The molecule has 3 heterocycles. The van der Waals surface area contributed by atoms with Crippen molar-refractivity contribution < 1.29 is 0 Å². The summed E-state index contributed by atoms with van der Waals surface area (Å²) >= 11 is 1.79. The fourth-order valence-corrected chi connectivity index (χ4v) is 9.04. The van der Waals surface area contributed by atoms with E-state index < -0.39 is 5.41 Å². The van der Waals surface area contributed by atoms with Gasteiger partial charge in [-0.05, 0) is 98.1 Å². The highest BCUT2D eigenvalue weighted by molar-refractivity contribution is 7.25. The van der Waals surface area contributed by atoms with Gasteiger partial charge in [0, 0.05) is 16.3 Å². The van der Waals surface area contributed by atoms with Crippen molar-refractivity contribution in [2.24, 2.45) is 0 Å². The second-order valence-corrected chi connectivity index (χ2v) is 13.7. The Kier molecular flexibility index (Phi) is 6.02. The first kappa shape index (κ1) is 27.8. The quantitative estimate of drug-likeness (QED) is 0.192. The van der Waals surface area contributed by atoms with E-state index in [1.807, 2.05) is 12.1 Å². The number of fused-ring (bicyclic) bond motifs is 8. The van der Waals surface area contributed by atoms with E-state index in [-0.39, 0.29) is 0 Å². The Morgan fingerprint density at radius 2 is 1.16 bits per heavy atom. The molecule has 0 bridgehead atoms. The van der Waals surface area contributed by atoms with E-state index in [0.717, 1.165) is 27.9 Å². The van der Waals surface area contributed by atoms with E-state index >= 15 is 0 Å².